The number of nitriles is 1. The molecule has 118 valence electrons. The molecule has 0 unspecified atom stereocenters. The summed E-state index contributed by atoms with van der Waals surface area (Å²) in [7, 11) is 0. The SMILES string of the molecule is N#CO.c1nc(-c2cnn(CC3CCCC3)c2)c2cc[nH]c2n1. The molecular formula is C16H18N6O. The summed E-state index contributed by atoms with van der Waals surface area (Å²) in [5.74, 6) is 0.792. The van der Waals surface area contributed by atoms with Gasteiger partial charge in [-0.3, -0.25) is 4.68 Å². The van der Waals surface area contributed by atoms with Crippen molar-refractivity contribution in [2.24, 2.45) is 5.92 Å². The number of aromatic amines is 1. The fourth-order valence-corrected chi connectivity index (χ4v) is 3.15. The number of hydrogen-bond donors (Lipinski definition) is 2. The van der Waals surface area contributed by atoms with Crippen molar-refractivity contribution in [1.29, 1.82) is 5.26 Å². The van der Waals surface area contributed by atoms with Gasteiger partial charge in [0, 0.05) is 29.9 Å². The van der Waals surface area contributed by atoms with Crippen LogP contribution in [0.15, 0.2) is 31.0 Å². The summed E-state index contributed by atoms with van der Waals surface area (Å²) in [5.41, 5.74) is 2.89. The summed E-state index contributed by atoms with van der Waals surface area (Å²) in [6.07, 6.45) is 13.7. The largest absolute Gasteiger partial charge is 0.443 e. The summed E-state index contributed by atoms with van der Waals surface area (Å²) in [4.78, 5) is 11.8. The second kappa shape index (κ2) is 6.92. The molecule has 0 saturated heterocycles. The molecule has 0 radical (unpaired) electrons. The molecule has 1 saturated carbocycles. The zero-order valence-electron chi connectivity index (χ0n) is 12.7. The van der Waals surface area contributed by atoms with E-state index in [0.29, 0.717) is 0 Å². The maximum absolute atomic E-state index is 6.88. The molecule has 1 aliphatic carbocycles. The van der Waals surface area contributed by atoms with E-state index in [2.05, 4.69) is 30.9 Å². The van der Waals surface area contributed by atoms with Gasteiger partial charge in [0.05, 0.1) is 11.9 Å². The summed E-state index contributed by atoms with van der Waals surface area (Å²) < 4.78 is 2.06. The maximum Gasteiger partial charge on any atom is 0.283 e. The molecule has 0 atom stereocenters. The molecule has 1 aliphatic rings. The maximum atomic E-state index is 6.88. The number of H-pyrrole nitrogens is 1. The molecule has 2 N–H and O–H groups in total. The molecule has 0 aliphatic heterocycles. The number of aliphatic hydroxyl groups is 1. The third-order valence-corrected chi connectivity index (χ3v) is 4.18. The van der Waals surface area contributed by atoms with Crippen LogP contribution in [-0.2, 0) is 6.54 Å². The van der Waals surface area contributed by atoms with E-state index in [1.165, 1.54) is 25.7 Å². The van der Waals surface area contributed by atoms with Crippen molar-refractivity contribution in [2.75, 3.05) is 0 Å². The van der Waals surface area contributed by atoms with E-state index in [1.807, 2.05) is 18.5 Å². The van der Waals surface area contributed by atoms with E-state index in [0.717, 1.165) is 41.0 Å². The quantitative estimate of drug-likeness (QED) is 0.724. The smallest absolute Gasteiger partial charge is 0.283 e. The minimum atomic E-state index is 0.750. The molecule has 7 nitrogen and oxygen atoms in total. The lowest BCUT2D eigenvalue weighted by atomic mass is 10.1. The van der Waals surface area contributed by atoms with Crippen LogP contribution in [-0.4, -0.2) is 29.8 Å². The van der Waals surface area contributed by atoms with Gasteiger partial charge < -0.3 is 10.1 Å². The molecule has 1 fully saturated rings. The Morgan fingerprint density at radius 2 is 2.13 bits per heavy atom. The second-order valence-electron chi connectivity index (χ2n) is 5.66. The van der Waals surface area contributed by atoms with Crippen molar-refractivity contribution in [2.45, 2.75) is 32.2 Å². The summed E-state index contributed by atoms with van der Waals surface area (Å²) in [5, 5.41) is 19.3. The first-order valence-corrected chi connectivity index (χ1v) is 7.66. The van der Waals surface area contributed by atoms with E-state index in [1.54, 1.807) is 6.33 Å². The zero-order valence-corrected chi connectivity index (χ0v) is 12.7. The van der Waals surface area contributed by atoms with Crippen LogP contribution in [0.1, 0.15) is 25.7 Å². The van der Waals surface area contributed by atoms with Gasteiger partial charge in [0.25, 0.3) is 6.26 Å². The van der Waals surface area contributed by atoms with Crippen LogP contribution in [0.25, 0.3) is 22.3 Å². The Morgan fingerprint density at radius 3 is 2.91 bits per heavy atom. The molecule has 4 rings (SSSR count). The third kappa shape index (κ3) is 3.31. The van der Waals surface area contributed by atoms with Crippen molar-refractivity contribution in [1.82, 2.24) is 24.7 Å². The van der Waals surface area contributed by atoms with Gasteiger partial charge in [0.15, 0.2) is 0 Å². The minimum Gasteiger partial charge on any atom is -0.443 e. The van der Waals surface area contributed by atoms with E-state index in [4.69, 9.17) is 10.4 Å². The monoisotopic (exact) mass is 310 g/mol. The average molecular weight is 310 g/mol. The minimum absolute atomic E-state index is 0.750. The number of fused-ring (bicyclic) bond motifs is 1. The molecule has 3 heterocycles. The molecule has 3 aromatic heterocycles. The van der Waals surface area contributed by atoms with Crippen molar-refractivity contribution in [3.8, 4) is 17.5 Å². The standard InChI is InChI=1S/C15H17N5.CHNO/c1-2-4-11(3-1)8-20-9-12(7-19-20)14-13-5-6-16-15(13)18-10-17-14;2-1-3/h5-7,9-11H,1-4,8H2,(H,16,17,18);3H. The lowest BCUT2D eigenvalue weighted by Gasteiger charge is -2.07. The van der Waals surface area contributed by atoms with Crippen molar-refractivity contribution in [3.05, 3.63) is 31.0 Å². The highest BCUT2D eigenvalue weighted by molar-refractivity contribution is 5.89. The van der Waals surface area contributed by atoms with Gasteiger partial charge in [-0.2, -0.15) is 10.4 Å². The number of nitrogens with zero attached hydrogens (tertiary/aromatic N) is 5. The first-order valence-electron chi connectivity index (χ1n) is 7.66. The zero-order chi connectivity index (χ0) is 16.1. The van der Waals surface area contributed by atoms with Crippen LogP contribution in [0.4, 0.5) is 0 Å². The molecule has 0 aromatic carbocycles. The fourth-order valence-electron chi connectivity index (χ4n) is 3.15. The van der Waals surface area contributed by atoms with Gasteiger partial charge >= 0.3 is 0 Å². The Bertz CT molecular complexity index is 809. The van der Waals surface area contributed by atoms with Gasteiger partial charge in [-0.05, 0) is 24.8 Å². The fraction of sp³-hybridized carbons (Fsp3) is 0.375. The van der Waals surface area contributed by atoms with Crippen LogP contribution in [0.5, 0.6) is 0 Å². The van der Waals surface area contributed by atoms with Gasteiger partial charge in [-0.15, -0.1) is 0 Å². The van der Waals surface area contributed by atoms with E-state index in [-0.39, 0.29) is 0 Å². The molecule has 0 amide bonds. The van der Waals surface area contributed by atoms with Crippen molar-refractivity contribution in [3.63, 3.8) is 0 Å². The van der Waals surface area contributed by atoms with Crippen molar-refractivity contribution < 1.29 is 5.11 Å². The van der Waals surface area contributed by atoms with Gasteiger partial charge in [0.1, 0.15) is 12.0 Å². The molecule has 3 aromatic rings. The Kier molecular flexibility index (Phi) is 4.52. The third-order valence-electron chi connectivity index (χ3n) is 4.18. The number of aliphatic hydroxyl groups excluding tert-OH is 1. The molecule has 23 heavy (non-hydrogen) atoms. The number of hydrogen-bond acceptors (Lipinski definition) is 5. The lowest BCUT2D eigenvalue weighted by Crippen LogP contribution is -2.07. The van der Waals surface area contributed by atoms with E-state index >= 15 is 0 Å². The highest BCUT2D eigenvalue weighted by atomic mass is 16.2. The Morgan fingerprint density at radius 1 is 1.35 bits per heavy atom. The van der Waals surface area contributed by atoms with Crippen LogP contribution in [0.2, 0.25) is 0 Å². The molecule has 7 heteroatoms. The topological polar surface area (TPSA) is 103 Å². The Balaban J connectivity index is 0.000000485. The second-order valence-corrected chi connectivity index (χ2v) is 5.66. The van der Waals surface area contributed by atoms with E-state index in [9.17, 15) is 0 Å². The van der Waals surface area contributed by atoms with Crippen LogP contribution in [0.3, 0.4) is 0 Å². The van der Waals surface area contributed by atoms with Crippen LogP contribution >= 0.6 is 0 Å². The van der Waals surface area contributed by atoms with E-state index < -0.39 is 0 Å². The Labute approximate surface area is 133 Å². The van der Waals surface area contributed by atoms with Gasteiger partial charge in [-0.25, -0.2) is 9.97 Å². The normalized spacial score (nSPS) is 14.4. The Hall–Kier alpha value is -2.88. The molecule has 0 bridgehead atoms. The van der Waals surface area contributed by atoms with Crippen LogP contribution < -0.4 is 0 Å². The summed E-state index contributed by atoms with van der Waals surface area (Å²) in [6.45, 7) is 1.03. The van der Waals surface area contributed by atoms with Gasteiger partial charge in [-0.1, -0.05) is 12.8 Å². The average Bonchev–Trinajstić information content (AvgIpc) is 3.29. The number of nitrogens with one attached hydrogen (secondary N) is 1. The molecular weight excluding hydrogens is 292 g/mol. The first kappa shape index (κ1) is 15.0. The summed E-state index contributed by atoms with van der Waals surface area (Å²) >= 11 is 0. The van der Waals surface area contributed by atoms with Gasteiger partial charge in [0.2, 0.25) is 0 Å². The molecule has 0 spiro atoms. The highest BCUT2D eigenvalue weighted by Crippen LogP contribution is 2.28. The summed E-state index contributed by atoms with van der Waals surface area (Å²) in [6, 6.07) is 2.01. The number of rotatable bonds is 3. The number of aromatic nitrogens is 5. The van der Waals surface area contributed by atoms with Crippen molar-refractivity contribution >= 4 is 11.0 Å². The predicted octanol–water partition coefficient (Wildman–Crippen LogP) is 2.85. The predicted molar refractivity (Wildman–Crippen MR) is 84.6 cm³/mol. The lowest BCUT2D eigenvalue weighted by molar-refractivity contribution is 0.429. The first-order chi connectivity index (χ1) is 11.3. The highest BCUT2D eigenvalue weighted by Gasteiger charge is 2.16. The van der Waals surface area contributed by atoms with Crippen LogP contribution in [0, 0.1) is 17.4 Å².